The van der Waals surface area contributed by atoms with E-state index < -0.39 is 21.0 Å². The predicted molar refractivity (Wildman–Crippen MR) is 162 cm³/mol. The summed E-state index contributed by atoms with van der Waals surface area (Å²) in [7, 11) is 2.23. The van der Waals surface area contributed by atoms with Crippen molar-refractivity contribution in [3.8, 4) is 5.88 Å². The van der Waals surface area contributed by atoms with E-state index in [2.05, 4.69) is 30.4 Å². The van der Waals surface area contributed by atoms with Gasteiger partial charge in [0.1, 0.15) is 16.0 Å². The molecule has 13 nitrogen and oxygen atoms in total. The second-order valence-electron chi connectivity index (χ2n) is 10.2. The number of sulfone groups is 1. The Balaban J connectivity index is 1.33. The Labute approximate surface area is 253 Å². The van der Waals surface area contributed by atoms with Crippen molar-refractivity contribution in [2.24, 2.45) is 12.2 Å². The number of hydrogen-bond acceptors (Lipinski definition) is 12. The molecule has 228 valence electrons. The number of nitrogens with one attached hydrogen (secondary N) is 1. The van der Waals surface area contributed by atoms with Crippen LogP contribution in [0.4, 0.5) is 5.13 Å². The summed E-state index contributed by atoms with van der Waals surface area (Å²) in [4.78, 5) is 30.8. The smallest absolute Gasteiger partial charge is 0.280 e. The molecule has 5 rings (SSSR count). The van der Waals surface area contributed by atoms with Crippen molar-refractivity contribution >= 4 is 48.3 Å². The van der Waals surface area contributed by atoms with Gasteiger partial charge in [-0.2, -0.15) is 5.10 Å². The minimum atomic E-state index is -3.57. The van der Waals surface area contributed by atoms with Gasteiger partial charge in [-0.05, 0) is 51.2 Å². The van der Waals surface area contributed by atoms with Crippen molar-refractivity contribution in [3.63, 3.8) is 0 Å². The average Bonchev–Trinajstić information content (AvgIpc) is 3.75. The van der Waals surface area contributed by atoms with Crippen molar-refractivity contribution in [1.82, 2.24) is 24.6 Å². The fourth-order valence-electron chi connectivity index (χ4n) is 4.33. The summed E-state index contributed by atoms with van der Waals surface area (Å²) in [5.41, 5.74) is 1.55. The van der Waals surface area contributed by atoms with E-state index >= 15 is 0 Å². The third-order valence-electron chi connectivity index (χ3n) is 6.59. The van der Waals surface area contributed by atoms with E-state index in [-0.39, 0.29) is 23.8 Å². The van der Waals surface area contributed by atoms with Gasteiger partial charge in [-0.3, -0.25) is 14.8 Å². The lowest BCUT2D eigenvalue weighted by Crippen LogP contribution is -2.25. The second-order valence-corrected chi connectivity index (χ2v) is 13.4. The van der Waals surface area contributed by atoms with Crippen LogP contribution in [0.25, 0.3) is 10.3 Å². The Bertz CT molecular complexity index is 1690. The fourth-order valence-corrected chi connectivity index (χ4v) is 6.74. The first-order valence-corrected chi connectivity index (χ1v) is 16.0. The van der Waals surface area contributed by atoms with Gasteiger partial charge in [-0.1, -0.05) is 28.6 Å². The molecule has 3 aromatic heterocycles. The van der Waals surface area contributed by atoms with Gasteiger partial charge in [0, 0.05) is 38.0 Å². The molecule has 15 heteroatoms. The summed E-state index contributed by atoms with van der Waals surface area (Å²) in [6, 6.07) is 11.3. The maximum atomic E-state index is 13.5. The first-order valence-electron chi connectivity index (χ1n) is 13.7. The molecule has 4 heterocycles. The number of oxime groups is 1. The molecule has 1 atom stereocenters. The molecule has 1 saturated heterocycles. The van der Waals surface area contributed by atoms with E-state index in [1.807, 2.05) is 14.1 Å². The van der Waals surface area contributed by atoms with Gasteiger partial charge in [-0.25, -0.2) is 18.4 Å². The lowest BCUT2D eigenvalue weighted by molar-refractivity contribution is -0.110. The minimum Gasteiger partial charge on any atom is -0.478 e. The van der Waals surface area contributed by atoms with Crippen LogP contribution in [0.15, 0.2) is 58.7 Å². The summed E-state index contributed by atoms with van der Waals surface area (Å²) >= 11 is 1.20. The third-order valence-corrected chi connectivity index (χ3v) is 9.64. The standard InChI is InChI=1S/C28H33N7O6S2/c1-34(2)13-4-15-40-24-10-9-23-27(30-24)42-28(29-23)31-26(36)25(33-41-17-20-11-14-35(3)32-20)19-5-7-21(8-6-19)43(37,38)22-12-16-39-18-22/h5-11,14,22H,4,12-13,15-18H2,1-3H3,(H,29,31,36)/b33-25+/t22-/m0/s1. The summed E-state index contributed by atoms with van der Waals surface area (Å²) in [5.74, 6) is -0.0998. The predicted octanol–water partition coefficient (Wildman–Crippen LogP) is 2.88. The zero-order chi connectivity index (χ0) is 30.4. The first kappa shape index (κ1) is 30.5. The van der Waals surface area contributed by atoms with Crippen LogP contribution in [-0.2, 0) is 37.9 Å². The van der Waals surface area contributed by atoms with Crippen LogP contribution in [0.1, 0.15) is 24.1 Å². The van der Waals surface area contributed by atoms with Gasteiger partial charge in [-0.15, -0.1) is 0 Å². The molecule has 4 aromatic rings. The highest BCUT2D eigenvalue weighted by molar-refractivity contribution is 7.92. The number of ether oxygens (including phenoxy) is 2. The van der Waals surface area contributed by atoms with E-state index in [4.69, 9.17) is 14.3 Å². The lowest BCUT2D eigenvalue weighted by Gasteiger charge is -2.11. The zero-order valence-corrected chi connectivity index (χ0v) is 25.7. The monoisotopic (exact) mass is 627 g/mol. The number of thiazole rings is 1. The van der Waals surface area contributed by atoms with Gasteiger partial charge in [0.2, 0.25) is 5.88 Å². The van der Waals surface area contributed by atoms with E-state index in [1.165, 1.54) is 35.6 Å². The van der Waals surface area contributed by atoms with Gasteiger partial charge in [0.05, 0.1) is 23.4 Å². The summed E-state index contributed by atoms with van der Waals surface area (Å²) in [5, 5.41) is 10.9. The molecule has 1 aliphatic rings. The number of amides is 1. The zero-order valence-electron chi connectivity index (χ0n) is 24.1. The lowest BCUT2D eigenvalue weighted by atomic mass is 10.1. The number of rotatable bonds is 13. The average molecular weight is 628 g/mol. The fraction of sp³-hybridized carbons (Fsp3) is 0.393. The molecule has 0 spiro atoms. The second kappa shape index (κ2) is 13.6. The normalized spacial score (nSPS) is 15.7. The maximum Gasteiger partial charge on any atom is 0.280 e. The number of hydrogen-bond donors (Lipinski definition) is 1. The molecule has 1 aliphatic heterocycles. The van der Waals surface area contributed by atoms with Gasteiger partial charge >= 0.3 is 0 Å². The Morgan fingerprint density at radius 3 is 2.70 bits per heavy atom. The van der Waals surface area contributed by atoms with Crippen LogP contribution in [0.3, 0.4) is 0 Å². The molecular formula is C28H33N7O6S2. The Morgan fingerprint density at radius 2 is 2.00 bits per heavy atom. The van der Waals surface area contributed by atoms with Crippen molar-refractivity contribution in [3.05, 3.63) is 59.9 Å². The van der Waals surface area contributed by atoms with E-state index in [0.717, 1.165) is 13.0 Å². The van der Waals surface area contributed by atoms with Crippen LogP contribution < -0.4 is 10.1 Å². The Kier molecular flexibility index (Phi) is 9.65. The van der Waals surface area contributed by atoms with Crippen LogP contribution in [-0.4, -0.2) is 90.4 Å². The number of aromatic nitrogens is 4. The molecule has 0 saturated carbocycles. The highest BCUT2D eigenvalue weighted by Crippen LogP contribution is 2.27. The number of pyridine rings is 1. The molecule has 1 fully saturated rings. The van der Waals surface area contributed by atoms with Crippen molar-refractivity contribution < 1.29 is 27.5 Å². The minimum absolute atomic E-state index is 0.0359. The molecule has 1 aromatic carbocycles. The summed E-state index contributed by atoms with van der Waals surface area (Å²) in [6.07, 6.45) is 3.08. The molecule has 0 unspecified atom stereocenters. The van der Waals surface area contributed by atoms with Crippen LogP contribution in [0.5, 0.6) is 5.88 Å². The molecular weight excluding hydrogens is 594 g/mol. The molecule has 0 bridgehead atoms. The Morgan fingerprint density at radius 1 is 1.19 bits per heavy atom. The van der Waals surface area contributed by atoms with Crippen LogP contribution >= 0.6 is 11.3 Å². The molecule has 1 amide bonds. The molecule has 0 aliphatic carbocycles. The largest absolute Gasteiger partial charge is 0.478 e. The SMILES string of the molecule is CN(C)CCCOc1ccc2nc(NC(=O)/C(=N/OCc3ccn(C)n3)c3ccc(S(=O)(=O)[C@H]4CCOC4)cc3)sc2n1. The number of benzene rings is 1. The van der Waals surface area contributed by atoms with Crippen molar-refractivity contribution in [2.75, 3.05) is 45.8 Å². The van der Waals surface area contributed by atoms with E-state index in [9.17, 15) is 13.2 Å². The van der Waals surface area contributed by atoms with Gasteiger partial charge in [0.25, 0.3) is 5.91 Å². The number of carbonyl (C=O) groups excluding carboxylic acids is 1. The van der Waals surface area contributed by atoms with E-state index in [1.54, 1.807) is 36.1 Å². The number of anilines is 1. The van der Waals surface area contributed by atoms with Crippen LogP contribution in [0.2, 0.25) is 0 Å². The van der Waals surface area contributed by atoms with E-state index in [0.29, 0.717) is 52.3 Å². The first-order chi connectivity index (χ1) is 20.7. The topological polar surface area (TPSA) is 150 Å². The molecule has 43 heavy (non-hydrogen) atoms. The highest BCUT2D eigenvalue weighted by Gasteiger charge is 2.31. The molecule has 1 N–H and O–H groups in total. The third kappa shape index (κ3) is 7.73. The maximum absolute atomic E-state index is 13.5. The molecule has 0 radical (unpaired) electrons. The number of nitrogens with zero attached hydrogens (tertiary/aromatic N) is 6. The number of carbonyl (C=O) groups is 1. The highest BCUT2D eigenvalue weighted by atomic mass is 32.2. The number of aryl methyl sites for hydroxylation is 1. The summed E-state index contributed by atoms with van der Waals surface area (Å²) in [6.45, 7) is 2.06. The Hall–Kier alpha value is -3.92. The quantitative estimate of drug-likeness (QED) is 0.133. The van der Waals surface area contributed by atoms with Gasteiger partial charge < -0.3 is 19.2 Å². The van der Waals surface area contributed by atoms with Crippen LogP contribution in [0, 0.1) is 0 Å². The van der Waals surface area contributed by atoms with Gasteiger partial charge in [0.15, 0.2) is 27.3 Å². The van der Waals surface area contributed by atoms with Crippen molar-refractivity contribution in [2.45, 2.75) is 29.6 Å². The van der Waals surface area contributed by atoms with Crippen molar-refractivity contribution in [1.29, 1.82) is 0 Å². The summed E-state index contributed by atoms with van der Waals surface area (Å²) < 4.78 is 38.6. The number of fused-ring (bicyclic) bond motifs is 1.